The molecule has 2 N–H and O–H groups in total. The maximum atomic E-state index is 6.34. The highest BCUT2D eigenvalue weighted by molar-refractivity contribution is 6.30. The normalized spacial score (nSPS) is 22.4. The maximum absolute atomic E-state index is 6.34. The second-order valence-corrected chi connectivity index (χ2v) is 10.9. The van der Waals surface area contributed by atoms with E-state index < -0.39 is 0 Å². The molecule has 4 aromatic rings. The van der Waals surface area contributed by atoms with E-state index in [4.69, 9.17) is 32.0 Å². The van der Waals surface area contributed by atoms with Crippen molar-refractivity contribution in [2.45, 2.75) is 45.2 Å². The van der Waals surface area contributed by atoms with Gasteiger partial charge in [0.15, 0.2) is 0 Å². The van der Waals surface area contributed by atoms with Gasteiger partial charge in [-0.05, 0) is 36.3 Å². The number of imidazole rings is 1. The quantitative estimate of drug-likeness (QED) is 0.343. The predicted octanol–water partition coefficient (Wildman–Crippen LogP) is 6.13. The lowest BCUT2D eigenvalue weighted by Gasteiger charge is -2.37. The Balaban J connectivity index is 1.53. The van der Waals surface area contributed by atoms with Gasteiger partial charge in [0.2, 0.25) is 5.95 Å². The van der Waals surface area contributed by atoms with Crippen molar-refractivity contribution in [3.8, 4) is 11.3 Å². The Morgan fingerprint density at radius 3 is 2.65 bits per heavy atom. The van der Waals surface area contributed by atoms with Crippen LogP contribution in [0.1, 0.15) is 44.2 Å². The van der Waals surface area contributed by atoms with Crippen molar-refractivity contribution in [1.82, 2.24) is 19.5 Å². The number of hydrogen-bond donors (Lipinski definition) is 1. The van der Waals surface area contributed by atoms with Gasteiger partial charge in [0.25, 0.3) is 0 Å². The number of ether oxygens (including phenoxy) is 1. The number of halogens is 1. The molecule has 8 heteroatoms. The molecule has 0 unspecified atom stereocenters. The Kier molecular flexibility index (Phi) is 6.74. The number of rotatable bonds is 5. The number of aromatic nitrogens is 4. The van der Waals surface area contributed by atoms with Crippen LogP contribution in [0.25, 0.3) is 22.3 Å². The molecule has 0 amide bonds. The first-order valence-corrected chi connectivity index (χ1v) is 13.6. The summed E-state index contributed by atoms with van der Waals surface area (Å²) in [6, 6.07) is 14.4. The first kappa shape index (κ1) is 24.2. The Labute approximate surface area is 222 Å². The number of nitrogen functional groups attached to an aromatic ring is 1. The number of pyridine rings is 2. The third kappa shape index (κ3) is 4.90. The second kappa shape index (κ2) is 10.3. The number of nitrogens with zero attached hydrogens (tertiary/aromatic N) is 5. The molecule has 1 aliphatic carbocycles. The SMILES string of the molecule is CC1CCC(Cn2c(N3CCOC[C@H]3c3ccccc3)nc3cc(N)nc(-c4cncc(Cl)c4)c32)CC1. The number of anilines is 2. The van der Waals surface area contributed by atoms with Crippen LogP contribution in [0.3, 0.4) is 0 Å². The van der Waals surface area contributed by atoms with Crippen LogP contribution < -0.4 is 10.6 Å². The van der Waals surface area contributed by atoms with Crippen molar-refractivity contribution >= 4 is 34.4 Å². The standard InChI is InChI=1S/C29H33ClN6O/c1-19-7-9-20(10-8-19)17-36-28-24(14-26(31)34-27(28)22-13-23(30)16-32-15-22)33-29(36)35-11-12-37-18-25(35)21-5-3-2-4-6-21/h2-6,13-16,19-20,25H,7-12,17-18H2,1H3,(H2,31,34)/t19?,20?,25-/m0/s1. The van der Waals surface area contributed by atoms with Crippen LogP contribution in [-0.4, -0.2) is 39.3 Å². The van der Waals surface area contributed by atoms with Gasteiger partial charge in [-0.3, -0.25) is 4.98 Å². The van der Waals surface area contributed by atoms with Crippen molar-refractivity contribution in [2.75, 3.05) is 30.4 Å². The molecule has 2 fully saturated rings. The van der Waals surface area contributed by atoms with Gasteiger partial charge in [0.05, 0.1) is 35.3 Å². The zero-order valence-electron chi connectivity index (χ0n) is 21.2. The van der Waals surface area contributed by atoms with Gasteiger partial charge in [-0.2, -0.15) is 0 Å². The van der Waals surface area contributed by atoms with Crippen molar-refractivity contribution in [3.05, 3.63) is 65.4 Å². The largest absolute Gasteiger partial charge is 0.384 e. The third-order valence-corrected chi connectivity index (χ3v) is 8.06. The van der Waals surface area contributed by atoms with Crippen LogP contribution in [0, 0.1) is 11.8 Å². The lowest BCUT2D eigenvalue weighted by molar-refractivity contribution is 0.0927. The number of nitrogens with two attached hydrogens (primary N) is 1. The molecule has 1 aliphatic heterocycles. The average Bonchev–Trinajstić information content (AvgIpc) is 3.27. The fourth-order valence-electron chi connectivity index (χ4n) is 5.86. The molecule has 37 heavy (non-hydrogen) atoms. The molecule has 7 nitrogen and oxygen atoms in total. The van der Waals surface area contributed by atoms with E-state index in [0.29, 0.717) is 30.0 Å². The molecular weight excluding hydrogens is 484 g/mol. The molecule has 1 saturated heterocycles. The molecule has 1 saturated carbocycles. The Hall–Kier alpha value is -3.16. The number of benzene rings is 1. The van der Waals surface area contributed by atoms with Crippen LogP contribution in [0.5, 0.6) is 0 Å². The minimum absolute atomic E-state index is 0.0819. The lowest BCUT2D eigenvalue weighted by atomic mass is 9.83. The van der Waals surface area contributed by atoms with E-state index >= 15 is 0 Å². The van der Waals surface area contributed by atoms with E-state index in [2.05, 4.69) is 51.7 Å². The van der Waals surface area contributed by atoms with E-state index in [1.165, 1.54) is 31.2 Å². The number of morpholine rings is 1. The first-order valence-electron chi connectivity index (χ1n) is 13.2. The van der Waals surface area contributed by atoms with Gasteiger partial charge in [-0.15, -0.1) is 0 Å². The fraction of sp³-hybridized carbons (Fsp3) is 0.414. The van der Waals surface area contributed by atoms with Crippen molar-refractivity contribution in [3.63, 3.8) is 0 Å². The number of fused-ring (bicyclic) bond motifs is 1. The van der Waals surface area contributed by atoms with Gasteiger partial charge in [0, 0.05) is 37.1 Å². The van der Waals surface area contributed by atoms with Gasteiger partial charge in [0.1, 0.15) is 11.5 Å². The summed E-state index contributed by atoms with van der Waals surface area (Å²) in [6.07, 6.45) is 8.43. The molecule has 1 atom stereocenters. The minimum Gasteiger partial charge on any atom is -0.384 e. The predicted molar refractivity (Wildman–Crippen MR) is 149 cm³/mol. The molecule has 192 valence electrons. The molecule has 0 bridgehead atoms. The minimum atomic E-state index is 0.0819. The van der Waals surface area contributed by atoms with E-state index in [-0.39, 0.29) is 6.04 Å². The molecule has 6 rings (SSSR count). The molecule has 0 radical (unpaired) electrons. The van der Waals surface area contributed by atoms with Crippen LogP contribution in [0.2, 0.25) is 5.02 Å². The zero-order chi connectivity index (χ0) is 25.4. The molecule has 2 aliphatic rings. The van der Waals surface area contributed by atoms with Crippen molar-refractivity contribution in [1.29, 1.82) is 0 Å². The van der Waals surface area contributed by atoms with Crippen LogP contribution in [-0.2, 0) is 11.3 Å². The van der Waals surface area contributed by atoms with Crippen LogP contribution >= 0.6 is 11.6 Å². The van der Waals surface area contributed by atoms with Crippen molar-refractivity contribution in [2.24, 2.45) is 11.8 Å². The first-order chi connectivity index (χ1) is 18.1. The van der Waals surface area contributed by atoms with E-state index in [0.717, 1.165) is 47.2 Å². The molecule has 3 aromatic heterocycles. The van der Waals surface area contributed by atoms with Gasteiger partial charge in [-0.25, -0.2) is 9.97 Å². The van der Waals surface area contributed by atoms with E-state index in [1.807, 2.05) is 12.1 Å². The molecule has 1 aromatic carbocycles. The summed E-state index contributed by atoms with van der Waals surface area (Å²) in [5.74, 6) is 2.78. The second-order valence-electron chi connectivity index (χ2n) is 10.5. The van der Waals surface area contributed by atoms with Gasteiger partial charge >= 0.3 is 0 Å². The third-order valence-electron chi connectivity index (χ3n) is 7.85. The maximum Gasteiger partial charge on any atom is 0.207 e. The van der Waals surface area contributed by atoms with E-state index in [9.17, 15) is 0 Å². The average molecular weight is 517 g/mol. The summed E-state index contributed by atoms with van der Waals surface area (Å²) >= 11 is 6.34. The van der Waals surface area contributed by atoms with Crippen LogP contribution in [0.4, 0.5) is 11.8 Å². The highest BCUT2D eigenvalue weighted by Crippen LogP contribution is 2.38. The molecule has 0 spiro atoms. The lowest BCUT2D eigenvalue weighted by Crippen LogP contribution is -2.41. The highest BCUT2D eigenvalue weighted by atomic mass is 35.5. The summed E-state index contributed by atoms with van der Waals surface area (Å²) in [5, 5.41) is 0.569. The summed E-state index contributed by atoms with van der Waals surface area (Å²) < 4.78 is 8.34. The Morgan fingerprint density at radius 1 is 1.05 bits per heavy atom. The van der Waals surface area contributed by atoms with Gasteiger partial charge < -0.3 is 19.9 Å². The number of hydrogen-bond acceptors (Lipinski definition) is 6. The fourth-order valence-corrected chi connectivity index (χ4v) is 6.04. The summed E-state index contributed by atoms with van der Waals surface area (Å²) in [4.78, 5) is 16.7. The van der Waals surface area contributed by atoms with Gasteiger partial charge in [-0.1, -0.05) is 61.7 Å². The van der Waals surface area contributed by atoms with Crippen molar-refractivity contribution < 1.29 is 4.74 Å². The monoisotopic (exact) mass is 516 g/mol. The summed E-state index contributed by atoms with van der Waals surface area (Å²) in [5.41, 5.74) is 11.0. The molecule has 4 heterocycles. The highest BCUT2D eigenvalue weighted by Gasteiger charge is 2.31. The summed E-state index contributed by atoms with van der Waals surface area (Å²) in [6.45, 7) is 5.31. The zero-order valence-corrected chi connectivity index (χ0v) is 21.9. The van der Waals surface area contributed by atoms with E-state index in [1.54, 1.807) is 12.4 Å². The Morgan fingerprint density at radius 2 is 1.86 bits per heavy atom. The smallest absolute Gasteiger partial charge is 0.207 e. The summed E-state index contributed by atoms with van der Waals surface area (Å²) in [7, 11) is 0. The van der Waals surface area contributed by atoms with Crippen LogP contribution in [0.15, 0.2) is 54.9 Å². The Bertz CT molecular complexity index is 1380. The topological polar surface area (TPSA) is 82.1 Å². The molecular formula is C29H33ClN6O.